The van der Waals surface area contributed by atoms with Gasteiger partial charge < -0.3 is 4.74 Å². The van der Waals surface area contributed by atoms with Crippen LogP contribution in [0.3, 0.4) is 0 Å². The number of hydrogen-bond donors (Lipinski definition) is 0. The summed E-state index contributed by atoms with van der Waals surface area (Å²) in [7, 11) is 0. The van der Waals surface area contributed by atoms with E-state index in [4.69, 9.17) is 4.74 Å². The molecule has 3 nitrogen and oxygen atoms in total. The SMILES string of the molecule is CCC(C)C1CCCC(C)(Cc2cc[n+]3c(c2)-c2c(F)cc(F)cc2CC(C2CCC4C=CC=CC=C4C(=O)OC2)C3(C)CC)C1. The number of cyclic esters (lactones) is 1. The highest BCUT2D eigenvalue weighted by atomic mass is 19.1. The number of ether oxygens (including phenoxy) is 1. The molecule has 46 heavy (non-hydrogen) atoms. The Morgan fingerprint density at radius 3 is 2.67 bits per heavy atom. The summed E-state index contributed by atoms with van der Waals surface area (Å²) >= 11 is 0. The largest absolute Gasteiger partial charge is 0.462 e. The normalized spacial score (nSPS) is 31.6. The van der Waals surface area contributed by atoms with Gasteiger partial charge in [-0.3, -0.25) is 0 Å². The lowest BCUT2D eigenvalue weighted by Gasteiger charge is -2.41. The van der Waals surface area contributed by atoms with E-state index in [-0.39, 0.29) is 29.1 Å². The molecule has 7 atom stereocenters. The molecule has 6 rings (SSSR count). The molecule has 2 aliphatic heterocycles. The Kier molecular flexibility index (Phi) is 9.43. The number of esters is 1. The molecular weight excluding hydrogens is 576 g/mol. The number of carbonyl (C=O) groups is 1. The average molecular weight is 629 g/mol. The predicted octanol–water partition coefficient (Wildman–Crippen LogP) is 9.62. The van der Waals surface area contributed by atoms with Crippen molar-refractivity contribution in [2.45, 2.75) is 104 Å². The molecule has 7 unspecified atom stereocenters. The molecule has 2 fully saturated rings. The lowest BCUT2D eigenvalue weighted by atomic mass is 9.65. The van der Waals surface area contributed by atoms with Gasteiger partial charge in [-0.1, -0.05) is 77.3 Å². The van der Waals surface area contributed by atoms with E-state index in [1.165, 1.54) is 37.7 Å². The van der Waals surface area contributed by atoms with Crippen LogP contribution in [0.2, 0.25) is 0 Å². The van der Waals surface area contributed by atoms with Gasteiger partial charge in [0.05, 0.1) is 12.2 Å². The number of pyridine rings is 1. The molecule has 1 saturated carbocycles. The molecule has 5 heteroatoms. The maximum absolute atomic E-state index is 16.0. The van der Waals surface area contributed by atoms with Gasteiger partial charge in [0.25, 0.3) is 0 Å². The van der Waals surface area contributed by atoms with Crippen LogP contribution in [0.4, 0.5) is 8.78 Å². The third-order valence-electron chi connectivity index (χ3n) is 12.4. The summed E-state index contributed by atoms with van der Waals surface area (Å²) < 4.78 is 39.2. The summed E-state index contributed by atoms with van der Waals surface area (Å²) in [5.74, 6) is 0.205. The molecule has 0 N–H and O–H groups in total. The van der Waals surface area contributed by atoms with Crippen LogP contribution >= 0.6 is 0 Å². The van der Waals surface area contributed by atoms with Crippen molar-refractivity contribution in [3.63, 3.8) is 0 Å². The minimum Gasteiger partial charge on any atom is -0.462 e. The standard InChI is InChI=1S/C41H52F2NO2/c1-6-27(3)30-13-11-18-40(4,25-30)24-28-17-19-44-37(20-28)38-32(21-33(42)23-36(38)43)22-35(41(44,5)7-2)31-16-15-29-12-9-8-10-14-34(29)39(45)46-26-31/h8-10,12,14,17,19-21,23,27,29-31,35H,6-7,11,13,15-16,18,22,24-26H2,1-5H3/q+1. The number of benzene rings is 1. The van der Waals surface area contributed by atoms with Gasteiger partial charge in [0.15, 0.2) is 11.7 Å². The number of rotatable bonds is 6. The van der Waals surface area contributed by atoms with Crippen molar-refractivity contribution in [2.24, 2.45) is 35.0 Å². The molecule has 0 spiro atoms. The molecule has 0 bridgehead atoms. The van der Waals surface area contributed by atoms with Gasteiger partial charge in [-0.25, -0.2) is 13.6 Å². The zero-order valence-electron chi connectivity index (χ0n) is 28.5. The molecule has 1 aromatic carbocycles. The molecule has 246 valence electrons. The van der Waals surface area contributed by atoms with Gasteiger partial charge in [-0.15, -0.1) is 0 Å². The summed E-state index contributed by atoms with van der Waals surface area (Å²) in [4.78, 5) is 13.2. The fraction of sp³-hybridized carbons (Fsp3) is 0.561. The summed E-state index contributed by atoms with van der Waals surface area (Å²) in [6, 6.07) is 7.03. The van der Waals surface area contributed by atoms with Gasteiger partial charge in [-0.05, 0) is 73.0 Å². The lowest BCUT2D eigenvalue weighted by molar-refractivity contribution is -0.761. The van der Waals surface area contributed by atoms with E-state index >= 15 is 4.39 Å². The third-order valence-corrected chi connectivity index (χ3v) is 12.4. The van der Waals surface area contributed by atoms with Crippen molar-refractivity contribution in [3.8, 4) is 11.3 Å². The second-order valence-electron chi connectivity index (χ2n) is 15.4. The van der Waals surface area contributed by atoms with E-state index in [1.54, 1.807) is 6.07 Å². The summed E-state index contributed by atoms with van der Waals surface area (Å²) in [6.45, 7) is 11.9. The maximum atomic E-state index is 16.0. The molecular formula is C41H52F2NO2+. The zero-order chi connectivity index (χ0) is 32.6. The Morgan fingerprint density at radius 1 is 1.07 bits per heavy atom. The smallest absolute Gasteiger partial charge is 0.334 e. The predicted molar refractivity (Wildman–Crippen MR) is 180 cm³/mol. The Balaban J connectivity index is 1.39. The first-order chi connectivity index (χ1) is 22.0. The lowest BCUT2D eigenvalue weighted by Crippen LogP contribution is -2.61. The van der Waals surface area contributed by atoms with Crippen molar-refractivity contribution in [3.05, 3.63) is 89.2 Å². The van der Waals surface area contributed by atoms with Crippen LogP contribution in [0, 0.1) is 46.6 Å². The Morgan fingerprint density at radius 2 is 1.89 bits per heavy atom. The van der Waals surface area contributed by atoms with E-state index in [0.29, 0.717) is 29.7 Å². The van der Waals surface area contributed by atoms with Crippen LogP contribution in [0.5, 0.6) is 0 Å². The van der Waals surface area contributed by atoms with Gasteiger partial charge in [0.1, 0.15) is 11.6 Å². The fourth-order valence-electron chi connectivity index (χ4n) is 9.39. The van der Waals surface area contributed by atoms with Crippen LogP contribution in [-0.2, 0) is 27.9 Å². The van der Waals surface area contributed by atoms with E-state index < -0.39 is 17.2 Å². The monoisotopic (exact) mass is 628 g/mol. The molecule has 2 aromatic rings. The number of nitrogens with zero attached hydrogens (tertiary/aromatic N) is 1. The number of aromatic nitrogens is 1. The highest BCUT2D eigenvalue weighted by molar-refractivity contribution is 5.90. The van der Waals surface area contributed by atoms with Crippen molar-refractivity contribution in [2.75, 3.05) is 6.61 Å². The third kappa shape index (κ3) is 6.28. The topological polar surface area (TPSA) is 30.2 Å². The van der Waals surface area contributed by atoms with Gasteiger partial charge in [0, 0.05) is 54.9 Å². The highest BCUT2D eigenvalue weighted by Crippen LogP contribution is 2.47. The fourth-order valence-corrected chi connectivity index (χ4v) is 9.39. The van der Waals surface area contributed by atoms with E-state index in [0.717, 1.165) is 49.3 Å². The summed E-state index contributed by atoms with van der Waals surface area (Å²) in [5.41, 5.74) is 3.78. The maximum Gasteiger partial charge on any atom is 0.334 e. The molecule has 2 aliphatic carbocycles. The number of fused-ring (bicyclic) bond motifs is 4. The van der Waals surface area contributed by atoms with Crippen molar-refractivity contribution in [1.29, 1.82) is 0 Å². The summed E-state index contributed by atoms with van der Waals surface area (Å²) in [5, 5.41) is 0. The van der Waals surface area contributed by atoms with Gasteiger partial charge >= 0.3 is 5.97 Å². The second-order valence-corrected chi connectivity index (χ2v) is 15.4. The van der Waals surface area contributed by atoms with E-state index in [2.05, 4.69) is 63.6 Å². The van der Waals surface area contributed by atoms with Gasteiger partial charge in [-0.2, -0.15) is 4.57 Å². The first kappa shape index (κ1) is 32.8. The minimum atomic E-state index is -0.543. The Bertz CT molecular complexity index is 1560. The van der Waals surface area contributed by atoms with Crippen LogP contribution in [0.1, 0.15) is 97.1 Å². The number of carbonyl (C=O) groups excluding carboxylic acids is 1. The van der Waals surface area contributed by atoms with Crippen LogP contribution in [-0.4, -0.2) is 12.6 Å². The van der Waals surface area contributed by atoms with Crippen LogP contribution < -0.4 is 4.57 Å². The number of halogens is 2. The second kappa shape index (κ2) is 13.2. The van der Waals surface area contributed by atoms with Crippen molar-refractivity contribution >= 4 is 5.97 Å². The minimum absolute atomic E-state index is 0.00491. The Labute approximate surface area is 274 Å². The number of allylic oxidation sites excluding steroid dienone is 5. The van der Waals surface area contributed by atoms with Crippen molar-refractivity contribution in [1.82, 2.24) is 0 Å². The molecule has 1 aromatic heterocycles. The van der Waals surface area contributed by atoms with Gasteiger partial charge in [0.2, 0.25) is 5.69 Å². The highest BCUT2D eigenvalue weighted by Gasteiger charge is 2.50. The molecule has 3 heterocycles. The zero-order valence-corrected chi connectivity index (χ0v) is 28.5. The van der Waals surface area contributed by atoms with E-state index in [9.17, 15) is 9.18 Å². The van der Waals surface area contributed by atoms with E-state index in [1.807, 2.05) is 24.3 Å². The molecule has 0 radical (unpaired) electrons. The average Bonchev–Trinajstić information content (AvgIpc) is 3.32. The Hall–Kier alpha value is -3.08. The van der Waals surface area contributed by atoms with Crippen LogP contribution in [0.15, 0.2) is 66.4 Å². The van der Waals surface area contributed by atoms with Crippen molar-refractivity contribution < 1.29 is 22.9 Å². The molecule has 0 amide bonds. The van der Waals surface area contributed by atoms with Crippen LogP contribution in [0.25, 0.3) is 11.3 Å². The molecule has 1 saturated heterocycles. The first-order valence-corrected chi connectivity index (χ1v) is 17.8. The first-order valence-electron chi connectivity index (χ1n) is 17.8. The quantitative estimate of drug-likeness (QED) is 0.236. The number of hydrogen-bond acceptors (Lipinski definition) is 2. The summed E-state index contributed by atoms with van der Waals surface area (Å²) in [6.07, 6.45) is 22.2. The molecule has 4 aliphatic rings.